The van der Waals surface area contributed by atoms with Crippen LogP contribution < -0.4 is 24.0 Å². The van der Waals surface area contributed by atoms with Crippen LogP contribution in [0, 0.1) is 0 Å². The quantitative estimate of drug-likeness (QED) is 0.354. The number of hydrogen-bond donors (Lipinski definition) is 1. The average molecular weight is 149 g/mol. The summed E-state index contributed by atoms with van der Waals surface area (Å²) in [7, 11) is 0. The molecule has 0 aromatic carbocycles. The summed E-state index contributed by atoms with van der Waals surface area (Å²) in [5.74, 6) is 0. The topological polar surface area (TPSA) is 88.9 Å². The first-order chi connectivity index (χ1) is 1.73. The van der Waals surface area contributed by atoms with Gasteiger partial charge in [-0.1, -0.05) is 0 Å². The van der Waals surface area contributed by atoms with Gasteiger partial charge in [0.25, 0.3) is 0 Å². The van der Waals surface area contributed by atoms with Gasteiger partial charge in [-0.2, -0.15) is 0 Å². The zero-order chi connectivity index (χ0) is 3.58. The second-order valence-corrected chi connectivity index (χ2v) is 0.266. The third-order valence-corrected chi connectivity index (χ3v) is 0. The molecule has 0 aliphatic rings. The Morgan fingerprint density at radius 1 is 1.57 bits per heavy atom. The summed E-state index contributed by atoms with van der Waals surface area (Å²) < 4.78 is 0. The molecular formula is CHLiO4Zn. The summed E-state index contributed by atoms with van der Waals surface area (Å²) in [5.41, 5.74) is 0. The molecule has 0 saturated heterocycles. The summed E-state index contributed by atoms with van der Waals surface area (Å²) >= 11 is 0. The molecule has 0 fully saturated rings. The average Bonchev–Trinajstić information content (AvgIpc) is 0.811. The SMILES string of the molecule is O=C([O-])O.[Li+].[O-2].[Zn+2]. The molecule has 0 aliphatic carbocycles. The van der Waals surface area contributed by atoms with Crippen LogP contribution in [0.1, 0.15) is 0 Å². The minimum absolute atomic E-state index is 0. The maximum absolute atomic E-state index is 8.44. The van der Waals surface area contributed by atoms with Crippen molar-refractivity contribution in [2.24, 2.45) is 0 Å². The maximum atomic E-state index is 8.44. The molecule has 6 heteroatoms. The number of rotatable bonds is 0. The van der Waals surface area contributed by atoms with Crippen LogP contribution in [-0.4, -0.2) is 11.3 Å². The molecule has 0 bridgehead atoms. The molecule has 0 heterocycles. The van der Waals surface area contributed by atoms with Crippen LogP contribution in [0.2, 0.25) is 0 Å². The van der Waals surface area contributed by atoms with Crippen molar-refractivity contribution in [1.82, 2.24) is 0 Å². The first-order valence-corrected chi connectivity index (χ1v) is 0.632. The van der Waals surface area contributed by atoms with Crippen LogP contribution in [0.3, 0.4) is 0 Å². The van der Waals surface area contributed by atoms with Crippen molar-refractivity contribution in [3.8, 4) is 0 Å². The van der Waals surface area contributed by atoms with Gasteiger partial charge in [0.15, 0.2) is 0 Å². The zero-order valence-corrected chi connectivity index (χ0v) is 6.85. The van der Waals surface area contributed by atoms with Crippen LogP contribution in [-0.2, 0) is 25.0 Å². The molecule has 0 rings (SSSR count). The Bertz CT molecular complexity index is 34.7. The second-order valence-electron chi connectivity index (χ2n) is 0.266. The van der Waals surface area contributed by atoms with Gasteiger partial charge in [-0.25, -0.2) is 0 Å². The summed E-state index contributed by atoms with van der Waals surface area (Å²) in [6, 6.07) is 0. The normalized spacial score (nSPS) is 3.43. The van der Waals surface area contributed by atoms with E-state index in [0.717, 1.165) is 0 Å². The van der Waals surface area contributed by atoms with E-state index in [1.165, 1.54) is 0 Å². The Morgan fingerprint density at radius 3 is 1.57 bits per heavy atom. The van der Waals surface area contributed by atoms with E-state index in [0.29, 0.717) is 0 Å². The van der Waals surface area contributed by atoms with Crippen LogP contribution >= 0.6 is 0 Å². The molecule has 32 valence electrons. The van der Waals surface area contributed by atoms with E-state index in [9.17, 15) is 0 Å². The van der Waals surface area contributed by atoms with Crippen LogP contribution in [0.4, 0.5) is 4.79 Å². The van der Waals surface area contributed by atoms with E-state index in [4.69, 9.17) is 15.0 Å². The summed E-state index contributed by atoms with van der Waals surface area (Å²) in [6.45, 7) is 0. The molecule has 7 heavy (non-hydrogen) atoms. The Hall–Kier alpha value is 0.451. The molecule has 1 N–H and O–H groups in total. The van der Waals surface area contributed by atoms with E-state index in [-0.39, 0.29) is 43.8 Å². The molecule has 0 spiro atoms. The van der Waals surface area contributed by atoms with E-state index >= 15 is 0 Å². The fraction of sp³-hybridized carbons (Fsp3) is 0. The standard InChI is InChI=1S/CH2O3.Li.O.Zn/c2-1(3)4;;;/h(H2,2,3,4);;;/q;+1;-2;+2/p-1. The van der Waals surface area contributed by atoms with Crippen LogP contribution in [0.5, 0.6) is 0 Å². The van der Waals surface area contributed by atoms with Gasteiger partial charge >= 0.3 is 38.3 Å². The maximum Gasteiger partial charge on any atom is 2.00 e. The van der Waals surface area contributed by atoms with Crippen molar-refractivity contribution in [2.45, 2.75) is 0 Å². The molecule has 0 saturated carbocycles. The van der Waals surface area contributed by atoms with E-state index in [1.807, 2.05) is 0 Å². The van der Waals surface area contributed by atoms with Crippen LogP contribution in [0.15, 0.2) is 0 Å². The molecule has 0 aliphatic heterocycles. The molecule has 0 unspecified atom stereocenters. The Labute approximate surface area is 65.2 Å². The zero-order valence-electron chi connectivity index (χ0n) is 3.88. The Morgan fingerprint density at radius 2 is 1.57 bits per heavy atom. The second kappa shape index (κ2) is 16.1. The van der Waals surface area contributed by atoms with Gasteiger partial charge < -0.3 is 20.5 Å². The fourth-order valence-electron chi connectivity index (χ4n) is 0. The molecule has 0 aromatic rings. The predicted molar refractivity (Wildman–Crippen MR) is 8.71 cm³/mol. The first-order valence-electron chi connectivity index (χ1n) is 0.632. The third-order valence-electron chi connectivity index (χ3n) is 0. The number of hydrogen-bond acceptors (Lipinski definition) is 2. The van der Waals surface area contributed by atoms with Gasteiger partial charge in [-0.05, 0) is 0 Å². The fourth-order valence-corrected chi connectivity index (χ4v) is 0. The largest absolute Gasteiger partial charge is 2.00 e. The van der Waals surface area contributed by atoms with Gasteiger partial charge in [0.05, 0.1) is 0 Å². The molecule has 0 atom stereocenters. The van der Waals surface area contributed by atoms with Crippen molar-refractivity contribution in [3.05, 3.63) is 0 Å². The minimum atomic E-state index is -2.08. The molecule has 0 amide bonds. The van der Waals surface area contributed by atoms with E-state index in [2.05, 4.69) is 0 Å². The molecule has 0 radical (unpaired) electrons. The first kappa shape index (κ1) is 26.0. The van der Waals surface area contributed by atoms with Gasteiger partial charge in [-0.3, -0.25) is 0 Å². The molecular weight excluding hydrogens is 148 g/mol. The van der Waals surface area contributed by atoms with Gasteiger partial charge in [0, 0.05) is 0 Å². The van der Waals surface area contributed by atoms with Crippen molar-refractivity contribution >= 4 is 6.16 Å². The van der Waals surface area contributed by atoms with Crippen LogP contribution in [0.25, 0.3) is 0 Å². The van der Waals surface area contributed by atoms with E-state index in [1.54, 1.807) is 0 Å². The van der Waals surface area contributed by atoms with E-state index < -0.39 is 6.16 Å². The summed E-state index contributed by atoms with van der Waals surface area (Å²) in [5, 5.41) is 15.3. The number of carboxylic acid groups (broad SMARTS) is 2. The van der Waals surface area contributed by atoms with Crippen molar-refractivity contribution in [1.29, 1.82) is 0 Å². The third kappa shape index (κ3) is 629. The van der Waals surface area contributed by atoms with Gasteiger partial charge in [0.2, 0.25) is 6.16 Å². The monoisotopic (exact) mass is 148 g/mol. The van der Waals surface area contributed by atoms with Gasteiger partial charge in [0.1, 0.15) is 0 Å². The molecule has 0 aromatic heterocycles. The minimum Gasteiger partial charge on any atom is -2.00 e. The smallest absolute Gasteiger partial charge is 2.00 e. The van der Waals surface area contributed by atoms with Crippen molar-refractivity contribution < 1.29 is 58.8 Å². The Balaban J connectivity index is -0.0000000150. The van der Waals surface area contributed by atoms with Gasteiger partial charge in [-0.15, -0.1) is 0 Å². The molecule has 4 nitrogen and oxygen atoms in total. The summed E-state index contributed by atoms with van der Waals surface area (Å²) in [6.07, 6.45) is -2.08. The summed E-state index contributed by atoms with van der Waals surface area (Å²) in [4.78, 5) is 8.44. The van der Waals surface area contributed by atoms with Crippen molar-refractivity contribution in [2.75, 3.05) is 0 Å². The van der Waals surface area contributed by atoms with Crippen molar-refractivity contribution in [3.63, 3.8) is 0 Å². The predicted octanol–water partition coefficient (Wildman–Crippen LogP) is -4.23. The number of carbonyl (C=O) groups is 1. The Kier molecular flexibility index (Phi) is 59.9.